The predicted molar refractivity (Wildman–Crippen MR) is 75.0 cm³/mol. The molecule has 0 atom stereocenters. The van der Waals surface area contributed by atoms with E-state index in [4.69, 9.17) is 10.00 Å². The lowest BCUT2D eigenvalue weighted by molar-refractivity contribution is 0.415. The fourth-order valence-corrected chi connectivity index (χ4v) is 2.20. The number of nitrogens with one attached hydrogen (secondary N) is 1. The number of benzene rings is 2. The van der Waals surface area contributed by atoms with Gasteiger partial charge < -0.3 is 9.72 Å². The van der Waals surface area contributed by atoms with E-state index >= 15 is 0 Å². The van der Waals surface area contributed by atoms with Crippen molar-refractivity contribution in [2.45, 2.75) is 0 Å². The summed E-state index contributed by atoms with van der Waals surface area (Å²) in [6.07, 6.45) is 1.97. The van der Waals surface area contributed by atoms with Gasteiger partial charge in [-0.3, -0.25) is 0 Å². The molecule has 0 amide bonds. The number of aromatic nitrogens is 1. The Hall–Kier alpha value is -2.73. The van der Waals surface area contributed by atoms with Crippen LogP contribution < -0.4 is 4.74 Å². The predicted octanol–water partition coefficient (Wildman–Crippen LogP) is 3.72. The van der Waals surface area contributed by atoms with Gasteiger partial charge in [-0.05, 0) is 35.9 Å². The molecule has 3 nitrogen and oxygen atoms in total. The second-order valence-electron chi connectivity index (χ2n) is 4.30. The fourth-order valence-electron chi connectivity index (χ4n) is 2.20. The SMILES string of the molecule is COc1ccc(-c2c[nH]c3ccc(C#N)cc23)cc1. The molecule has 0 radical (unpaired) electrons. The molecule has 1 N–H and O–H groups in total. The highest BCUT2D eigenvalue weighted by atomic mass is 16.5. The molecule has 3 heteroatoms. The molecule has 0 aliphatic rings. The first-order chi connectivity index (χ1) is 9.31. The maximum atomic E-state index is 8.99. The molecule has 3 aromatic rings. The normalized spacial score (nSPS) is 10.3. The smallest absolute Gasteiger partial charge is 0.118 e. The third-order valence-corrected chi connectivity index (χ3v) is 3.21. The van der Waals surface area contributed by atoms with E-state index in [9.17, 15) is 0 Å². The van der Waals surface area contributed by atoms with Crippen LogP contribution in [0.2, 0.25) is 0 Å². The maximum absolute atomic E-state index is 8.99. The second kappa shape index (κ2) is 4.51. The zero-order chi connectivity index (χ0) is 13.2. The van der Waals surface area contributed by atoms with Crippen LogP contribution in [0.4, 0.5) is 0 Å². The number of H-pyrrole nitrogens is 1. The summed E-state index contributed by atoms with van der Waals surface area (Å²) in [5.41, 5.74) is 3.89. The maximum Gasteiger partial charge on any atom is 0.118 e. The van der Waals surface area contributed by atoms with Crippen molar-refractivity contribution in [2.75, 3.05) is 7.11 Å². The van der Waals surface area contributed by atoms with Crippen LogP contribution in [0, 0.1) is 11.3 Å². The highest BCUT2D eigenvalue weighted by Crippen LogP contribution is 2.30. The molecule has 1 heterocycles. The minimum absolute atomic E-state index is 0.668. The Balaban J connectivity index is 2.16. The van der Waals surface area contributed by atoms with Crippen LogP contribution in [0.15, 0.2) is 48.7 Å². The molecule has 0 saturated heterocycles. The zero-order valence-electron chi connectivity index (χ0n) is 10.5. The van der Waals surface area contributed by atoms with Crippen LogP contribution in [0.5, 0.6) is 5.75 Å². The number of aromatic amines is 1. The van der Waals surface area contributed by atoms with Gasteiger partial charge in [0.15, 0.2) is 0 Å². The van der Waals surface area contributed by atoms with Crippen LogP contribution in [0.1, 0.15) is 5.56 Å². The molecule has 2 aromatic carbocycles. The van der Waals surface area contributed by atoms with Crippen molar-refractivity contribution in [3.05, 3.63) is 54.2 Å². The Kier molecular flexibility index (Phi) is 2.70. The lowest BCUT2D eigenvalue weighted by Gasteiger charge is -2.02. The van der Waals surface area contributed by atoms with Gasteiger partial charge in [0.2, 0.25) is 0 Å². The van der Waals surface area contributed by atoms with E-state index in [2.05, 4.69) is 11.1 Å². The summed E-state index contributed by atoms with van der Waals surface area (Å²) in [6.45, 7) is 0. The molecule has 92 valence electrons. The van der Waals surface area contributed by atoms with Crippen LogP contribution in [0.25, 0.3) is 22.0 Å². The van der Waals surface area contributed by atoms with Crippen molar-refractivity contribution in [1.82, 2.24) is 4.98 Å². The zero-order valence-corrected chi connectivity index (χ0v) is 10.5. The molecular weight excluding hydrogens is 236 g/mol. The van der Waals surface area contributed by atoms with E-state index in [1.807, 2.05) is 48.7 Å². The molecule has 0 saturated carbocycles. The quantitative estimate of drug-likeness (QED) is 0.751. The first kappa shape index (κ1) is 11.4. The molecule has 0 spiro atoms. The number of nitrogens with zero attached hydrogens (tertiary/aromatic N) is 1. The van der Waals surface area contributed by atoms with Gasteiger partial charge in [0.05, 0.1) is 18.7 Å². The molecule has 0 unspecified atom stereocenters. The largest absolute Gasteiger partial charge is 0.497 e. The summed E-state index contributed by atoms with van der Waals surface area (Å²) in [5, 5.41) is 10.0. The minimum atomic E-state index is 0.668. The number of hydrogen-bond acceptors (Lipinski definition) is 2. The average molecular weight is 248 g/mol. The van der Waals surface area contributed by atoms with Gasteiger partial charge in [-0.25, -0.2) is 0 Å². The Bertz CT molecular complexity index is 764. The van der Waals surface area contributed by atoms with Gasteiger partial charge in [-0.1, -0.05) is 12.1 Å². The van der Waals surface area contributed by atoms with E-state index in [1.165, 1.54) is 0 Å². The van der Waals surface area contributed by atoms with Crippen LogP contribution in [-0.2, 0) is 0 Å². The van der Waals surface area contributed by atoms with Gasteiger partial charge in [-0.15, -0.1) is 0 Å². The monoisotopic (exact) mass is 248 g/mol. The van der Waals surface area contributed by atoms with Gasteiger partial charge in [0.25, 0.3) is 0 Å². The Morgan fingerprint density at radius 2 is 1.89 bits per heavy atom. The lowest BCUT2D eigenvalue weighted by atomic mass is 10.0. The summed E-state index contributed by atoms with van der Waals surface area (Å²) < 4.78 is 5.16. The summed E-state index contributed by atoms with van der Waals surface area (Å²) in [6, 6.07) is 15.7. The van der Waals surface area contributed by atoms with Crippen LogP contribution in [0.3, 0.4) is 0 Å². The average Bonchev–Trinajstić information content (AvgIpc) is 2.90. The Morgan fingerprint density at radius 3 is 2.58 bits per heavy atom. The first-order valence-electron chi connectivity index (χ1n) is 5.97. The van der Waals surface area contributed by atoms with Crippen molar-refractivity contribution < 1.29 is 4.74 Å². The Labute approximate surface area is 111 Å². The molecule has 0 aliphatic carbocycles. The number of ether oxygens (including phenoxy) is 1. The standard InChI is InChI=1S/C16H12N2O/c1-19-13-5-3-12(4-6-13)15-10-18-16-7-2-11(9-17)8-14(15)16/h2-8,10,18H,1H3. The van der Waals surface area contributed by atoms with E-state index in [-0.39, 0.29) is 0 Å². The van der Waals surface area contributed by atoms with Gasteiger partial charge in [0.1, 0.15) is 5.75 Å². The van der Waals surface area contributed by atoms with Crippen molar-refractivity contribution >= 4 is 10.9 Å². The molecule has 3 rings (SSSR count). The summed E-state index contributed by atoms with van der Waals surface area (Å²) in [7, 11) is 1.65. The van der Waals surface area contributed by atoms with Crippen molar-refractivity contribution in [3.8, 4) is 22.9 Å². The third kappa shape index (κ3) is 1.94. The van der Waals surface area contributed by atoms with Crippen molar-refractivity contribution in [2.24, 2.45) is 0 Å². The van der Waals surface area contributed by atoms with Crippen molar-refractivity contribution in [1.29, 1.82) is 5.26 Å². The first-order valence-corrected chi connectivity index (χ1v) is 5.97. The lowest BCUT2D eigenvalue weighted by Crippen LogP contribution is -1.82. The molecule has 0 aliphatic heterocycles. The number of nitriles is 1. The highest BCUT2D eigenvalue weighted by Gasteiger charge is 2.07. The molecule has 0 bridgehead atoms. The van der Waals surface area contributed by atoms with Crippen LogP contribution in [-0.4, -0.2) is 12.1 Å². The van der Waals surface area contributed by atoms with Gasteiger partial charge >= 0.3 is 0 Å². The second-order valence-corrected chi connectivity index (χ2v) is 4.30. The minimum Gasteiger partial charge on any atom is -0.497 e. The van der Waals surface area contributed by atoms with E-state index in [0.29, 0.717) is 5.56 Å². The van der Waals surface area contributed by atoms with Gasteiger partial charge in [0, 0.05) is 22.7 Å². The van der Waals surface area contributed by atoms with Crippen LogP contribution >= 0.6 is 0 Å². The summed E-state index contributed by atoms with van der Waals surface area (Å²) in [4.78, 5) is 3.23. The summed E-state index contributed by atoms with van der Waals surface area (Å²) >= 11 is 0. The van der Waals surface area contributed by atoms with Crippen molar-refractivity contribution in [3.63, 3.8) is 0 Å². The number of rotatable bonds is 2. The fraction of sp³-hybridized carbons (Fsp3) is 0.0625. The molecule has 19 heavy (non-hydrogen) atoms. The summed E-state index contributed by atoms with van der Waals surface area (Å²) in [5.74, 6) is 0.835. The number of methoxy groups -OCH3 is 1. The topological polar surface area (TPSA) is 48.8 Å². The van der Waals surface area contributed by atoms with Gasteiger partial charge in [-0.2, -0.15) is 5.26 Å². The van der Waals surface area contributed by atoms with E-state index in [1.54, 1.807) is 7.11 Å². The highest BCUT2D eigenvalue weighted by molar-refractivity contribution is 5.96. The molecule has 1 aromatic heterocycles. The third-order valence-electron chi connectivity index (χ3n) is 3.21. The van der Waals surface area contributed by atoms with E-state index in [0.717, 1.165) is 27.8 Å². The van der Waals surface area contributed by atoms with E-state index < -0.39 is 0 Å². The molecular formula is C16H12N2O. The Morgan fingerprint density at radius 1 is 1.11 bits per heavy atom. The molecule has 0 fully saturated rings. The number of fused-ring (bicyclic) bond motifs is 1. The number of hydrogen-bond donors (Lipinski definition) is 1.